The SMILES string of the molecule is CCCNC(=O)/C(C#N)=C\c1cc(Br)c(Br)s1. The fraction of sp³-hybridized carbons (Fsp3) is 0.273. The summed E-state index contributed by atoms with van der Waals surface area (Å²) in [7, 11) is 0. The average Bonchev–Trinajstić information content (AvgIpc) is 2.62. The molecule has 1 amide bonds. The van der Waals surface area contributed by atoms with E-state index in [1.54, 1.807) is 6.08 Å². The molecule has 90 valence electrons. The summed E-state index contributed by atoms with van der Waals surface area (Å²) in [6, 6.07) is 3.77. The molecular weight excluding hydrogens is 368 g/mol. The molecule has 0 radical (unpaired) electrons. The van der Waals surface area contributed by atoms with Crippen LogP contribution < -0.4 is 5.32 Å². The van der Waals surface area contributed by atoms with Crippen LogP contribution in [0.15, 0.2) is 19.9 Å². The van der Waals surface area contributed by atoms with Crippen LogP contribution in [0.3, 0.4) is 0 Å². The molecule has 1 heterocycles. The second-order valence-corrected chi connectivity index (χ2v) is 6.45. The Morgan fingerprint density at radius 3 is 2.82 bits per heavy atom. The lowest BCUT2D eigenvalue weighted by Crippen LogP contribution is -2.24. The van der Waals surface area contributed by atoms with E-state index in [0.717, 1.165) is 19.6 Å². The number of halogens is 2. The van der Waals surface area contributed by atoms with E-state index in [2.05, 4.69) is 37.2 Å². The number of carbonyl (C=O) groups excluding carboxylic acids is 1. The fourth-order valence-corrected chi connectivity index (χ4v) is 3.09. The molecule has 0 atom stereocenters. The molecule has 0 bridgehead atoms. The quantitative estimate of drug-likeness (QED) is 0.642. The van der Waals surface area contributed by atoms with E-state index < -0.39 is 0 Å². The Hall–Kier alpha value is -0.640. The third kappa shape index (κ3) is 4.26. The van der Waals surface area contributed by atoms with Gasteiger partial charge in [-0.15, -0.1) is 11.3 Å². The highest BCUT2D eigenvalue weighted by Crippen LogP contribution is 2.33. The minimum atomic E-state index is -0.324. The molecule has 3 nitrogen and oxygen atoms in total. The first-order valence-corrected chi connectivity index (χ1v) is 7.33. The van der Waals surface area contributed by atoms with Crippen LogP contribution in [-0.4, -0.2) is 12.5 Å². The Morgan fingerprint density at radius 2 is 2.35 bits per heavy atom. The molecule has 0 saturated heterocycles. The third-order valence-electron chi connectivity index (χ3n) is 1.85. The Kier molecular flexibility index (Phi) is 5.89. The molecule has 0 aliphatic carbocycles. The van der Waals surface area contributed by atoms with Gasteiger partial charge in [0.05, 0.1) is 3.79 Å². The molecule has 0 aliphatic rings. The van der Waals surface area contributed by atoms with Crippen LogP contribution in [0.4, 0.5) is 0 Å². The Balaban J connectivity index is 2.87. The highest BCUT2D eigenvalue weighted by Gasteiger charge is 2.09. The van der Waals surface area contributed by atoms with Crippen molar-refractivity contribution >= 4 is 55.2 Å². The largest absolute Gasteiger partial charge is 0.351 e. The van der Waals surface area contributed by atoms with Gasteiger partial charge in [0, 0.05) is 15.9 Å². The van der Waals surface area contributed by atoms with Gasteiger partial charge in [-0.2, -0.15) is 5.26 Å². The average molecular weight is 378 g/mol. The number of hydrogen-bond donors (Lipinski definition) is 1. The van der Waals surface area contributed by atoms with E-state index in [4.69, 9.17) is 5.26 Å². The molecule has 1 rings (SSSR count). The molecule has 0 unspecified atom stereocenters. The van der Waals surface area contributed by atoms with Crippen LogP contribution in [0.1, 0.15) is 18.2 Å². The van der Waals surface area contributed by atoms with Gasteiger partial charge in [-0.3, -0.25) is 4.79 Å². The smallest absolute Gasteiger partial charge is 0.261 e. The number of amides is 1. The predicted octanol–water partition coefficient (Wildman–Crippen LogP) is 3.71. The summed E-state index contributed by atoms with van der Waals surface area (Å²) in [5.74, 6) is -0.324. The molecular formula is C11H10Br2N2OS. The topological polar surface area (TPSA) is 52.9 Å². The first-order valence-electron chi connectivity index (χ1n) is 4.93. The number of nitrogens with one attached hydrogen (secondary N) is 1. The van der Waals surface area contributed by atoms with Gasteiger partial charge in [0.1, 0.15) is 11.6 Å². The first-order chi connectivity index (χ1) is 8.08. The van der Waals surface area contributed by atoms with E-state index in [1.165, 1.54) is 11.3 Å². The number of hydrogen-bond acceptors (Lipinski definition) is 3. The van der Waals surface area contributed by atoms with Crippen LogP contribution in [0.25, 0.3) is 6.08 Å². The number of thiophene rings is 1. The monoisotopic (exact) mass is 376 g/mol. The molecule has 0 spiro atoms. The Labute approximate surface area is 121 Å². The van der Waals surface area contributed by atoms with Crippen molar-refractivity contribution < 1.29 is 4.79 Å². The van der Waals surface area contributed by atoms with Gasteiger partial charge in [0.2, 0.25) is 0 Å². The van der Waals surface area contributed by atoms with Crippen molar-refractivity contribution in [2.24, 2.45) is 0 Å². The minimum Gasteiger partial charge on any atom is -0.351 e. The van der Waals surface area contributed by atoms with E-state index in [0.29, 0.717) is 6.54 Å². The van der Waals surface area contributed by atoms with Crippen molar-refractivity contribution in [2.75, 3.05) is 6.54 Å². The van der Waals surface area contributed by atoms with Crippen LogP contribution in [0.5, 0.6) is 0 Å². The fourth-order valence-electron chi connectivity index (χ4n) is 1.06. The number of rotatable bonds is 4. The second kappa shape index (κ2) is 6.94. The summed E-state index contributed by atoms with van der Waals surface area (Å²) < 4.78 is 1.86. The number of nitriles is 1. The molecule has 17 heavy (non-hydrogen) atoms. The lowest BCUT2D eigenvalue weighted by Gasteiger charge is -2.00. The molecule has 1 aromatic heterocycles. The van der Waals surface area contributed by atoms with Crippen molar-refractivity contribution in [3.05, 3.63) is 24.8 Å². The second-order valence-electron chi connectivity index (χ2n) is 3.20. The number of nitrogens with zero attached hydrogens (tertiary/aromatic N) is 1. The summed E-state index contributed by atoms with van der Waals surface area (Å²) in [4.78, 5) is 12.5. The van der Waals surface area contributed by atoms with Gasteiger partial charge >= 0.3 is 0 Å². The van der Waals surface area contributed by atoms with E-state index in [9.17, 15) is 4.79 Å². The normalized spacial score (nSPS) is 11.1. The standard InChI is InChI=1S/C11H10Br2N2OS/c1-2-3-15-11(16)7(6-14)4-8-5-9(12)10(13)17-8/h4-5H,2-3H2,1H3,(H,15,16)/b7-4-. The summed E-state index contributed by atoms with van der Waals surface area (Å²) >= 11 is 8.19. The van der Waals surface area contributed by atoms with Gasteiger partial charge in [0.15, 0.2) is 0 Å². The lowest BCUT2D eigenvalue weighted by atomic mass is 10.2. The summed E-state index contributed by atoms with van der Waals surface area (Å²) in [6.45, 7) is 2.54. The minimum absolute atomic E-state index is 0.125. The van der Waals surface area contributed by atoms with Crippen molar-refractivity contribution in [1.82, 2.24) is 5.32 Å². The number of carbonyl (C=O) groups is 1. The van der Waals surface area contributed by atoms with Gasteiger partial charge in [0.25, 0.3) is 5.91 Å². The van der Waals surface area contributed by atoms with Crippen LogP contribution >= 0.6 is 43.2 Å². The summed E-state index contributed by atoms with van der Waals surface area (Å²) in [6.07, 6.45) is 2.44. The van der Waals surface area contributed by atoms with E-state index in [1.807, 2.05) is 19.1 Å². The first kappa shape index (κ1) is 14.4. The van der Waals surface area contributed by atoms with E-state index in [-0.39, 0.29) is 11.5 Å². The zero-order valence-corrected chi connectivity index (χ0v) is 13.1. The highest BCUT2D eigenvalue weighted by molar-refractivity contribution is 9.13. The third-order valence-corrected chi connectivity index (χ3v) is 5.05. The van der Waals surface area contributed by atoms with Crippen molar-refractivity contribution in [3.8, 4) is 6.07 Å². The predicted molar refractivity (Wildman–Crippen MR) is 76.6 cm³/mol. The Morgan fingerprint density at radius 1 is 1.65 bits per heavy atom. The van der Waals surface area contributed by atoms with E-state index >= 15 is 0 Å². The highest BCUT2D eigenvalue weighted by atomic mass is 79.9. The molecule has 0 aliphatic heterocycles. The van der Waals surface area contributed by atoms with Crippen molar-refractivity contribution in [2.45, 2.75) is 13.3 Å². The van der Waals surface area contributed by atoms with Gasteiger partial charge < -0.3 is 5.32 Å². The molecule has 1 aromatic rings. The summed E-state index contributed by atoms with van der Waals surface area (Å²) in [5, 5.41) is 11.6. The maximum Gasteiger partial charge on any atom is 0.261 e. The zero-order valence-electron chi connectivity index (χ0n) is 9.09. The summed E-state index contributed by atoms with van der Waals surface area (Å²) in [5.41, 5.74) is 0.125. The lowest BCUT2D eigenvalue weighted by molar-refractivity contribution is -0.117. The molecule has 0 saturated carbocycles. The Bertz CT molecular complexity index is 469. The van der Waals surface area contributed by atoms with Crippen molar-refractivity contribution in [3.63, 3.8) is 0 Å². The zero-order chi connectivity index (χ0) is 12.8. The van der Waals surface area contributed by atoms with Gasteiger partial charge in [-0.1, -0.05) is 6.92 Å². The maximum atomic E-state index is 11.6. The van der Waals surface area contributed by atoms with Gasteiger partial charge in [-0.25, -0.2) is 0 Å². The van der Waals surface area contributed by atoms with Crippen LogP contribution in [-0.2, 0) is 4.79 Å². The molecule has 6 heteroatoms. The maximum absolute atomic E-state index is 11.6. The molecule has 0 fully saturated rings. The van der Waals surface area contributed by atoms with Crippen molar-refractivity contribution in [1.29, 1.82) is 5.26 Å². The van der Waals surface area contributed by atoms with Gasteiger partial charge in [-0.05, 0) is 50.4 Å². The molecule has 0 aromatic carbocycles. The van der Waals surface area contributed by atoms with Crippen LogP contribution in [0.2, 0.25) is 0 Å². The molecule has 1 N–H and O–H groups in total. The van der Waals surface area contributed by atoms with Crippen LogP contribution in [0, 0.1) is 11.3 Å².